The fourth-order valence-corrected chi connectivity index (χ4v) is 1.48. The average molecular weight is 289 g/mol. The average Bonchev–Trinajstić information content (AvgIpc) is 2.32. The number of esters is 1. The number of aldehydes is 1. The molecule has 0 saturated heterocycles. The molecule has 0 aromatic heterocycles. The van der Waals surface area contributed by atoms with E-state index < -0.39 is 5.97 Å². The lowest BCUT2D eigenvalue weighted by molar-refractivity contribution is -0.135. The van der Waals surface area contributed by atoms with Crippen LogP contribution in [0.4, 0.5) is 5.69 Å². The van der Waals surface area contributed by atoms with Crippen LogP contribution in [0.25, 0.3) is 0 Å². The van der Waals surface area contributed by atoms with Gasteiger partial charge in [0.1, 0.15) is 0 Å². The summed E-state index contributed by atoms with van der Waals surface area (Å²) in [4.78, 5) is 21.9. The second-order valence-electron chi connectivity index (χ2n) is 3.07. The van der Waals surface area contributed by atoms with Crippen LogP contribution in [0.5, 0.6) is 0 Å². The van der Waals surface area contributed by atoms with Gasteiger partial charge in [-0.2, -0.15) is 5.10 Å². The summed E-state index contributed by atoms with van der Waals surface area (Å²) in [6.07, 6.45) is 0.300. The molecule has 0 atom stereocenters. The van der Waals surface area contributed by atoms with Crippen molar-refractivity contribution in [2.24, 2.45) is 5.10 Å². The van der Waals surface area contributed by atoms with Crippen LogP contribution in [0.2, 0.25) is 10.0 Å². The van der Waals surface area contributed by atoms with Crippen LogP contribution in [-0.2, 0) is 14.3 Å². The Bertz CT molecular complexity index is 489. The highest BCUT2D eigenvalue weighted by Crippen LogP contribution is 2.25. The Morgan fingerprint density at radius 2 is 2.22 bits per heavy atom. The molecule has 7 heteroatoms. The van der Waals surface area contributed by atoms with Gasteiger partial charge in [0.15, 0.2) is 6.29 Å². The van der Waals surface area contributed by atoms with E-state index in [-0.39, 0.29) is 12.3 Å². The van der Waals surface area contributed by atoms with E-state index in [1.54, 1.807) is 19.1 Å². The van der Waals surface area contributed by atoms with Gasteiger partial charge in [0.05, 0.1) is 17.3 Å². The zero-order chi connectivity index (χ0) is 13.5. The lowest BCUT2D eigenvalue weighted by Gasteiger charge is -2.04. The first-order chi connectivity index (χ1) is 8.58. The van der Waals surface area contributed by atoms with Crippen molar-refractivity contribution >= 4 is 46.9 Å². The zero-order valence-corrected chi connectivity index (χ0v) is 11.0. The molecule has 0 bridgehead atoms. The molecule has 0 radical (unpaired) electrons. The summed E-state index contributed by atoms with van der Waals surface area (Å²) in [5.41, 5.74) is 2.54. The van der Waals surface area contributed by atoms with Crippen LogP contribution in [-0.4, -0.2) is 24.6 Å². The molecule has 18 heavy (non-hydrogen) atoms. The Morgan fingerprint density at radius 3 is 2.78 bits per heavy atom. The minimum atomic E-state index is -0.801. The number of hydrogen-bond acceptors (Lipinski definition) is 5. The van der Waals surface area contributed by atoms with Crippen molar-refractivity contribution in [2.45, 2.75) is 6.92 Å². The SMILES string of the molecule is CCOC(=O)/C(C=O)=N/Nc1ccc(Cl)cc1Cl. The molecule has 0 fully saturated rings. The predicted molar refractivity (Wildman–Crippen MR) is 70.2 cm³/mol. The Kier molecular flexibility index (Phi) is 5.61. The number of hydrogen-bond donors (Lipinski definition) is 1. The van der Waals surface area contributed by atoms with Gasteiger partial charge in [-0.3, -0.25) is 10.2 Å². The molecule has 0 unspecified atom stereocenters. The quantitative estimate of drug-likeness (QED) is 0.297. The standard InChI is InChI=1S/C11H10Cl2N2O3/c1-2-18-11(17)10(6-16)15-14-9-4-3-7(12)5-8(9)13/h3-6,14H,2H2,1H3/b15-10+. The van der Waals surface area contributed by atoms with Crippen LogP contribution in [0.15, 0.2) is 23.3 Å². The fraction of sp³-hybridized carbons (Fsp3) is 0.182. The number of carbonyl (C=O) groups is 2. The van der Waals surface area contributed by atoms with E-state index in [1.165, 1.54) is 6.07 Å². The van der Waals surface area contributed by atoms with E-state index in [1.807, 2.05) is 0 Å². The zero-order valence-electron chi connectivity index (χ0n) is 9.44. The second kappa shape index (κ2) is 6.98. The number of nitrogens with one attached hydrogen (secondary N) is 1. The minimum absolute atomic E-state index is 0.160. The van der Waals surface area contributed by atoms with Gasteiger partial charge in [0, 0.05) is 5.02 Å². The van der Waals surface area contributed by atoms with E-state index in [2.05, 4.69) is 15.3 Å². The normalized spacial score (nSPS) is 10.9. The maximum absolute atomic E-state index is 11.3. The number of hydrazone groups is 1. The van der Waals surface area contributed by atoms with Gasteiger partial charge in [-0.1, -0.05) is 23.2 Å². The van der Waals surface area contributed by atoms with E-state index in [0.29, 0.717) is 22.0 Å². The van der Waals surface area contributed by atoms with Crippen molar-refractivity contribution in [2.75, 3.05) is 12.0 Å². The number of carbonyl (C=O) groups excluding carboxylic acids is 2. The van der Waals surface area contributed by atoms with Crippen LogP contribution in [0, 0.1) is 0 Å². The summed E-state index contributed by atoms with van der Waals surface area (Å²) in [5, 5.41) is 4.41. The first-order valence-electron chi connectivity index (χ1n) is 4.99. The topological polar surface area (TPSA) is 67.8 Å². The number of halogens is 2. The van der Waals surface area contributed by atoms with Gasteiger partial charge in [-0.25, -0.2) is 4.79 Å². The molecule has 0 aliphatic rings. The second-order valence-corrected chi connectivity index (χ2v) is 3.91. The summed E-state index contributed by atoms with van der Waals surface area (Å²) >= 11 is 11.6. The maximum Gasteiger partial charge on any atom is 0.362 e. The molecule has 5 nitrogen and oxygen atoms in total. The van der Waals surface area contributed by atoms with Gasteiger partial charge in [0.25, 0.3) is 0 Å². The lowest BCUT2D eigenvalue weighted by atomic mass is 10.3. The number of anilines is 1. The molecule has 0 heterocycles. The number of nitrogens with zero attached hydrogens (tertiary/aromatic N) is 1. The van der Waals surface area contributed by atoms with E-state index in [9.17, 15) is 9.59 Å². The molecule has 0 amide bonds. The minimum Gasteiger partial charge on any atom is -0.461 e. The van der Waals surface area contributed by atoms with E-state index in [0.717, 1.165) is 0 Å². The number of ether oxygens (including phenoxy) is 1. The Balaban J connectivity index is 2.83. The van der Waals surface area contributed by atoms with Crippen molar-refractivity contribution in [1.82, 2.24) is 0 Å². The van der Waals surface area contributed by atoms with Gasteiger partial charge >= 0.3 is 5.97 Å². The Hall–Kier alpha value is -1.59. The molecular formula is C11H10Cl2N2O3. The summed E-state index contributed by atoms with van der Waals surface area (Å²) in [6.45, 7) is 1.79. The summed E-state index contributed by atoms with van der Waals surface area (Å²) in [6, 6.07) is 4.67. The van der Waals surface area contributed by atoms with E-state index in [4.69, 9.17) is 23.2 Å². The largest absolute Gasteiger partial charge is 0.461 e. The van der Waals surface area contributed by atoms with Crippen LogP contribution < -0.4 is 5.43 Å². The smallest absolute Gasteiger partial charge is 0.362 e. The molecule has 0 aliphatic carbocycles. The van der Waals surface area contributed by atoms with Crippen molar-refractivity contribution in [3.63, 3.8) is 0 Å². The highest BCUT2D eigenvalue weighted by atomic mass is 35.5. The maximum atomic E-state index is 11.3. The third-order valence-electron chi connectivity index (χ3n) is 1.82. The molecule has 0 saturated carbocycles. The highest BCUT2D eigenvalue weighted by Gasteiger charge is 2.11. The van der Waals surface area contributed by atoms with Crippen molar-refractivity contribution < 1.29 is 14.3 Å². The molecule has 1 rings (SSSR count). The van der Waals surface area contributed by atoms with Crippen LogP contribution >= 0.6 is 23.2 Å². The first kappa shape index (κ1) is 14.5. The first-order valence-corrected chi connectivity index (χ1v) is 5.75. The monoisotopic (exact) mass is 288 g/mol. The Morgan fingerprint density at radius 1 is 1.50 bits per heavy atom. The molecule has 1 aromatic rings. The Labute approximate surface area is 114 Å². The van der Waals surface area contributed by atoms with E-state index >= 15 is 0 Å². The third kappa shape index (κ3) is 4.01. The number of rotatable bonds is 5. The van der Waals surface area contributed by atoms with Crippen LogP contribution in [0.1, 0.15) is 6.92 Å². The van der Waals surface area contributed by atoms with Gasteiger partial charge in [0.2, 0.25) is 5.71 Å². The number of benzene rings is 1. The summed E-state index contributed by atoms with van der Waals surface area (Å²) in [7, 11) is 0. The summed E-state index contributed by atoms with van der Waals surface area (Å²) < 4.78 is 4.64. The lowest BCUT2D eigenvalue weighted by Crippen LogP contribution is -2.20. The molecule has 0 aliphatic heterocycles. The predicted octanol–water partition coefficient (Wildman–Crippen LogP) is 2.52. The molecule has 1 N–H and O–H groups in total. The third-order valence-corrected chi connectivity index (χ3v) is 2.37. The fourth-order valence-electron chi connectivity index (χ4n) is 1.03. The van der Waals surface area contributed by atoms with Gasteiger partial charge in [-0.15, -0.1) is 0 Å². The van der Waals surface area contributed by atoms with Gasteiger partial charge in [-0.05, 0) is 25.1 Å². The van der Waals surface area contributed by atoms with Crippen molar-refractivity contribution in [3.05, 3.63) is 28.2 Å². The molecular weight excluding hydrogens is 279 g/mol. The highest BCUT2D eigenvalue weighted by molar-refractivity contribution is 6.58. The summed E-state index contributed by atoms with van der Waals surface area (Å²) in [5.74, 6) is -0.801. The molecule has 1 aromatic carbocycles. The molecule has 96 valence electrons. The van der Waals surface area contributed by atoms with Crippen LogP contribution in [0.3, 0.4) is 0 Å². The van der Waals surface area contributed by atoms with Gasteiger partial charge < -0.3 is 4.74 Å². The van der Waals surface area contributed by atoms with Crippen molar-refractivity contribution in [1.29, 1.82) is 0 Å². The van der Waals surface area contributed by atoms with Crippen molar-refractivity contribution in [3.8, 4) is 0 Å². The molecule has 0 spiro atoms.